The van der Waals surface area contributed by atoms with Crippen molar-refractivity contribution in [1.29, 1.82) is 0 Å². The van der Waals surface area contributed by atoms with Crippen LogP contribution in [0.15, 0.2) is 18.2 Å². The minimum atomic E-state index is -0.749. The Morgan fingerprint density at radius 3 is 2.17 bits per heavy atom. The van der Waals surface area contributed by atoms with Crippen LogP contribution in [0.3, 0.4) is 0 Å². The molecule has 0 fully saturated rings. The second-order valence-electron chi connectivity index (χ2n) is 4.54. The third-order valence-electron chi connectivity index (χ3n) is 3.04. The molecule has 2 amide bonds. The summed E-state index contributed by atoms with van der Waals surface area (Å²) in [5, 5.41) is 2.40. The predicted octanol–water partition coefficient (Wildman–Crippen LogP) is 0.0650. The van der Waals surface area contributed by atoms with Gasteiger partial charge < -0.3 is 24.4 Å². The van der Waals surface area contributed by atoms with Gasteiger partial charge in [-0.1, -0.05) is 6.07 Å². The summed E-state index contributed by atoms with van der Waals surface area (Å²) in [5.41, 5.74) is 0.0965. The Bertz CT molecular complexity index is 565. The predicted molar refractivity (Wildman–Crippen MR) is 81.5 cm³/mol. The average molecular weight is 324 g/mol. The van der Waals surface area contributed by atoms with Gasteiger partial charge in [-0.25, -0.2) is 4.79 Å². The van der Waals surface area contributed by atoms with Crippen molar-refractivity contribution in [3.05, 3.63) is 23.8 Å². The molecule has 8 heteroatoms. The molecule has 0 heterocycles. The minimum Gasteiger partial charge on any atom is -0.496 e. The second kappa shape index (κ2) is 8.62. The van der Waals surface area contributed by atoms with Crippen LogP contribution in [-0.4, -0.2) is 64.2 Å². The van der Waals surface area contributed by atoms with Crippen molar-refractivity contribution in [2.24, 2.45) is 0 Å². The number of nitrogens with one attached hydrogen (secondary N) is 1. The van der Waals surface area contributed by atoms with Crippen molar-refractivity contribution in [3.8, 4) is 11.5 Å². The van der Waals surface area contributed by atoms with Crippen molar-refractivity contribution in [2.75, 3.05) is 41.5 Å². The molecule has 0 atom stereocenters. The first kappa shape index (κ1) is 18.3. The van der Waals surface area contributed by atoms with E-state index < -0.39 is 18.5 Å². The first-order valence-electron chi connectivity index (χ1n) is 6.77. The van der Waals surface area contributed by atoms with Crippen LogP contribution in [0.2, 0.25) is 0 Å². The van der Waals surface area contributed by atoms with Crippen LogP contribution in [-0.2, 0) is 14.3 Å². The van der Waals surface area contributed by atoms with Crippen LogP contribution < -0.4 is 14.8 Å². The van der Waals surface area contributed by atoms with Crippen LogP contribution in [0, 0.1) is 0 Å². The number of hydrogen-bond donors (Lipinski definition) is 1. The highest BCUT2D eigenvalue weighted by molar-refractivity contribution is 5.97. The standard InChI is InChI=1S/C15H20N2O6/c1-16-12(18)8-17(2)13(19)9-23-15(20)14-10(21-3)6-5-7-11(14)22-4/h5-7H,8-9H2,1-4H3,(H,16,18). The molecule has 0 bridgehead atoms. The van der Waals surface area contributed by atoms with E-state index in [1.54, 1.807) is 18.2 Å². The quantitative estimate of drug-likeness (QED) is 0.713. The zero-order chi connectivity index (χ0) is 17.4. The fourth-order valence-corrected chi connectivity index (χ4v) is 1.74. The number of nitrogens with zero attached hydrogens (tertiary/aromatic N) is 1. The number of carbonyl (C=O) groups is 3. The van der Waals surface area contributed by atoms with E-state index in [1.165, 1.54) is 28.3 Å². The molecule has 0 aliphatic carbocycles. The maximum Gasteiger partial charge on any atom is 0.346 e. The molecule has 0 radical (unpaired) electrons. The Morgan fingerprint density at radius 1 is 1.13 bits per heavy atom. The van der Waals surface area contributed by atoms with Crippen molar-refractivity contribution in [3.63, 3.8) is 0 Å². The van der Waals surface area contributed by atoms with E-state index in [2.05, 4.69) is 5.32 Å². The van der Waals surface area contributed by atoms with Gasteiger partial charge in [-0.15, -0.1) is 0 Å². The van der Waals surface area contributed by atoms with Gasteiger partial charge >= 0.3 is 5.97 Å². The van der Waals surface area contributed by atoms with Crippen molar-refractivity contribution < 1.29 is 28.6 Å². The Morgan fingerprint density at radius 2 is 1.70 bits per heavy atom. The summed E-state index contributed by atoms with van der Waals surface area (Å²) in [6, 6.07) is 4.83. The summed E-state index contributed by atoms with van der Waals surface area (Å²) < 4.78 is 15.2. The number of benzene rings is 1. The summed E-state index contributed by atoms with van der Waals surface area (Å²) in [7, 11) is 5.73. The molecular formula is C15H20N2O6. The van der Waals surface area contributed by atoms with E-state index in [-0.39, 0.29) is 29.5 Å². The lowest BCUT2D eigenvalue weighted by atomic mass is 10.2. The fraction of sp³-hybridized carbons (Fsp3) is 0.400. The van der Waals surface area contributed by atoms with Gasteiger partial charge in [0.25, 0.3) is 5.91 Å². The van der Waals surface area contributed by atoms with E-state index in [0.717, 1.165) is 4.90 Å². The minimum absolute atomic E-state index is 0.0965. The molecule has 126 valence electrons. The van der Waals surface area contributed by atoms with Gasteiger partial charge in [-0.05, 0) is 12.1 Å². The molecule has 1 aromatic carbocycles. The van der Waals surface area contributed by atoms with Crippen LogP contribution in [0.5, 0.6) is 11.5 Å². The lowest BCUT2D eigenvalue weighted by Gasteiger charge is -2.16. The Hall–Kier alpha value is -2.77. The summed E-state index contributed by atoms with van der Waals surface area (Å²) in [6.07, 6.45) is 0. The van der Waals surface area contributed by atoms with Crippen LogP contribution >= 0.6 is 0 Å². The van der Waals surface area contributed by atoms with Gasteiger partial charge in [0.2, 0.25) is 5.91 Å². The molecule has 0 aliphatic heterocycles. The summed E-state index contributed by atoms with van der Waals surface area (Å²) >= 11 is 0. The molecule has 1 rings (SSSR count). The number of likely N-dealkylation sites (N-methyl/N-ethyl adjacent to an activating group) is 2. The number of esters is 1. The van der Waals surface area contributed by atoms with E-state index in [4.69, 9.17) is 14.2 Å². The first-order valence-corrected chi connectivity index (χ1v) is 6.77. The molecule has 23 heavy (non-hydrogen) atoms. The molecular weight excluding hydrogens is 304 g/mol. The van der Waals surface area contributed by atoms with Gasteiger partial charge in [0.15, 0.2) is 6.61 Å². The Balaban J connectivity index is 2.74. The average Bonchev–Trinajstić information content (AvgIpc) is 2.57. The number of hydrogen-bond acceptors (Lipinski definition) is 6. The van der Waals surface area contributed by atoms with E-state index in [1.807, 2.05) is 0 Å². The lowest BCUT2D eigenvalue weighted by Crippen LogP contribution is -2.39. The molecule has 8 nitrogen and oxygen atoms in total. The number of methoxy groups -OCH3 is 2. The molecule has 0 unspecified atom stereocenters. The highest BCUT2D eigenvalue weighted by atomic mass is 16.5. The second-order valence-corrected chi connectivity index (χ2v) is 4.54. The van der Waals surface area contributed by atoms with Gasteiger partial charge in [-0.3, -0.25) is 9.59 Å². The Kier molecular flexibility index (Phi) is 6.85. The maximum absolute atomic E-state index is 12.2. The first-order chi connectivity index (χ1) is 10.9. The smallest absolute Gasteiger partial charge is 0.346 e. The maximum atomic E-state index is 12.2. The van der Waals surface area contributed by atoms with Crippen molar-refractivity contribution >= 4 is 17.8 Å². The topological polar surface area (TPSA) is 94.2 Å². The van der Waals surface area contributed by atoms with Crippen LogP contribution in [0.4, 0.5) is 0 Å². The molecule has 1 N–H and O–H groups in total. The molecule has 1 aromatic rings. The number of carbonyl (C=O) groups excluding carboxylic acids is 3. The van der Waals surface area contributed by atoms with Crippen molar-refractivity contribution in [1.82, 2.24) is 10.2 Å². The highest BCUT2D eigenvalue weighted by Crippen LogP contribution is 2.28. The molecule has 0 aromatic heterocycles. The molecule has 0 aliphatic rings. The fourth-order valence-electron chi connectivity index (χ4n) is 1.74. The normalized spacial score (nSPS) is 9.74. The highest BCUT2D eigenvalue weighted by Gasteiger charge is 2.21. The van der Waals surface area contributed by atoms with Gasteiger partial charge in [0.05, 0.1) is 20.8 Å². The number of ether oxygens (including phenoxy) is 3. The van der Waals surface area contributed by atoms with E-state index in [0.29, 0.717) is 0 Å². The van der Waals surface area contributed by atoms with Crippen molar-refractivity contribution in [2.45, 2.75) is 0 Å². The third-order valence-corrected chi connectivity index (χ3v) is 3.04. The SMILES string of the molecule is CNC(=O)CN(C)C(=O)COC(=O)c1c(OC)cccc1OC. The molecule has 0 saturated heterocycles. The monoisotopic (exact) mass is 324 g/mol. The zero-order valence-corrected chi connectivity index (χ0v) is 13.5. The lowest BCUT2D eigenvalue weighted by molar-refractivity contribution is -0.137. The number of rotatable bonds is 7. The van der Waals surface area contributed by atoms with Crippen LogP contribution in [0.25, 0.3) is 0 Å². The zero-order valence-electron chi connectivity index (χ0n) is 13.5. The third kappa shape index (κ3) is 4.87. The summed E-state index contributed by atoms with van der Waals surface area (Å²) in [6.45, 7) is -0.613. The molecule has 0 saturated carbocycles. The van der Waals surface area contributed by atoms with Crippen LogP contribution in [0.1, 0.15) is 10.4 Å². The Labute approximate surface area is 134 Å². The van der Waals surface area contributed by atoms with Gasteiger partial charge in [-0.2, -0.15) is 0 Å². The summed E-state index contributed by atoms with van der Waals surface area (Å²) in [4.78, 5) is 36.4. The van der Waals surface area contributed by atoms with Gasteiger partial charge in [0, 0.05) is 14.1 Å². The van der Waals surface area contributed by atoms with E-state index in [9.17, 15) is 14.4 Å². The van der Waals surface area contributed by atoms with E-state index >= 15 is 0 Å². The largest absolute Gasteiger partial charge is 0.496 e. The molecule has 0 spiro atoms. The summed E-state index contributed by atoms with van der Waals surface area (Å²) in [5.74, 6) is -1.02. The number of amides is 2. The van der Waals surface area contributed by atoms with Gasteiger partial charge in [0.1, 0.15) is 17.1 Å².